The molecule has 0 saturated carbocycles. The van der Waals surface area contributed by atoms with Crippen LogP contribution >= 0.6 is 0 Å². The van der Waals surface area contributed by atoms with Crippen LogP contribution in [0.25, 0.3) is 0 Å². The standard InChI is InChI=1S/C11H17N/c1-8(2)12-11-7-5-6-9(3)10(11)4/h5-8,12H,1-4H3. The van der Waals surface area contributed by atoms with Crippen molar-refractivity contribution in [2.45, 2.75) is 33.7 Å². The summed E-state index contributed by atoms with van der Waals surface area (Å²) in [5.41, 5.74) is 3.96. The van der Waals surface area contributed by atoms with Crippen LogP contribution in [0.3, 0.4) is 0 Å². The first-order chi connectivity index (χ1) is 5.61. The number of aryl methyl sites for hydroxylation is 1. The molecule has 0 radical (unpaired) electrons. The van der Waals surface area contributed by atoms with Crippen LogP contribution in [0.15, 0.2) is 18.2 Å². The SMILES string of the molecule is Cc1cccc(NC(C)C)c1C. The third kappa shape index (κ3) is 2.00. The summed E-state index contributed by atoms with van der Waals surface area (Å²) in [4.78, 5) is 0. The molecule has 0 aromatic heterocycles. The Labute approximate surface area is 74.8 Å². The van der Waals surface area contributed by atoms with Crippen molar-refractivity contribution >= 4 is 5.69 Å². The molecule has 12 heavy (non-hydrogen) atoms. The van der Waals surface area contributed by atoms with Crippen LogP contribution in [-0.4, -0.2) is 6.04 Å². The predicted octanol–water partition coefficient (Wildman–Crippen LogP) is 3.12. The van der Waals surface area contributed by atoms with Gasteiger partial charge in [0.25, 0.3) is 0 Å². The Balaban J connectivity index is 2.92. The fourth-order valence-electron chi connectivity index (χ4n) is 1.22. The van der Waals surface area contributed by atoms with E-state index in [9.17, 15) is 0 Å². The first-order valence-corrected chi connectivity index (χ1v) is 4.44. The Hall–Kier alpha value is -0.980. The average molecular weight is 163 g/mol. The zero-order valence-corrected chi connectivity index (χ0v) is 8.31. The Morgan fingerprint density at radius 3 is 2.42 bits per heavy atom. The molecule has 1 aromatic carbocycles. The molecule has 0 fully saturated rings. The molecule has 0 amide bonds. The van der Waals surface area contributed by atoms with Gasteiger partial charge in [-0.25, -0.2) is 0 Å². The monoisotopic (exact) mass is 163 g/mol. The lowest BCUT2D eigenvalue weighted by Gasteiger charge is -2.13. The molecule has 0 saturated heterocycles. The third-order valence-corrected chi connectivity index (χ3v) is 2.05. The van der Waals surface area contributed by atoms with Crippen molar-refractivity contribution in [2.75, 3.05) is 5.32 Å². The largest absolute Gasteiger partial charge is 0.383 e. The van der Waals surface area contributed by atoms with Crippen molar-refractivity contribution in [3.8, 4) is 0 Å². The minimum Gasteiger partial charge on any atom is -0.383 e. The van der Waals surface area contributed by atoms with Crippen LogP contribution in [0.1, 0.15) is 25.0 Å². The number of nitrogens with one attached hydrogen (secondary N) is 1. The second-order valence-corrected chi connectivity index (χ2v) is 3.55. The average Bonchev–Trinajstić information content (AvgIpc) is 1.98. The molecule has 0 bridgehead atoms. The summed E-state index contributed by atoms with van der Waals surface area (Å²) >= 11 is 0. The minimum atomic E-state index is 0.505. The van der Waals surface area contributed by atoms with Crippen molar-refractivity contribution in [3.63, 3.8) is 0 Å². The topological polar surface area (TPSA) is 12.0 Å². The van der Waals surface area contributed by atoms with Crippen LogP contribution in [0.4, 0.5) is 5.69 Å². The highest BCUT2D eigenvalue weighted by atomic mass is 14.9. The van der Waals surface area contributed by atoms with Crippen LogP contribution < -0.4 is 5.32 Å². The van der Waals surface area contributed by atoms with Gasteiger partial charge in [-0.3, -0.25) is 0 Å². The molecule has 1 heteroatoms. The maximum Gasteiger partial charge on any atom is 0.0374 e. The number of hydrogen-bond acceptors (Lipinski definition) is 1. The van der Waals surface area contributed by atoms with E-state index in [-0.39, 0.29) is 0 Å². The van der Waals surface area contributed by atoms with E-state index in [1.807, 2.05) is 0 Å². The van der Waals surface area contributed by atoms with E-state index >= 15 is 0 Å². The number of rotatable bonds is 2. The summed E-state index contributed by atoms with van der Waals surface area (Å²) in [6, 6.07) is 6.86. The van der Waals surface area contributed by atoms with E-state index in [1.54, 1.807) is 0 Å². The fourth-order valence-corrected chi connectivity index (χ4v) is 1.22. The predicted molar refractivity (Wildman–Crippen MR) is 54.7 cm³/mol. The molecule has 66 valence electrons. The summed E-state index contributed by atoms with van der Waals surface area (Å²) < 4.78 is 0. The summed E-state index contributed by atoms with van der Waals surface area (Å²) in [5, 5.41) is 3.41. The van der Waals surface area contributed by atoms with Crippen LogP contribution in [0.5, 0.6) is 0 Å². The van der Waals surface area contributed by atoms with E-state index < -0.39 is 0 Å². The van der Waals surface area contributed by atoms with E-state index in [1.165, 1.54) is 16.8 Å². The lowest BCUT2D eigenvalue weighted by molar-refractivity contribution is 0.897. The highest BCUT2D eigenvalue weighted by Crippen LogP contribution is 2.18. The van der Waals surface area contributed by atoms with Crippen molar-refractivity contribution < 1.29 is 0 Å². The number of benzene rings is 1. The Morgan fingerprint density at radius 1 is 1.17 bits per heavy atom. The zero-order chi connectivity index (χ0) is 9.14. The van der Waals surface area contributed by atoms with E-state index in [0.717, 1.165) is 0 Å². The highest BCUT2D eigenvalue weighted by molar-refractivity contribution is 5.53. The summed E-state index contributed by atoms with van der Waals surface area (Å²) in [6.45, 7) is 8.60. The van der Waals surface area contributed by atoms with Crippen molar-refractivity contribution in [1.82, 2.24) is 0 Å². The molecule has 0 heterocycles. The molecular formula is C11H17N. The fraction of sp³-hybridized carbons (Fsp3) is 0.455. The maximum absolute atomic E-state index is 3.41. The van der Waals surface area contributed by atoms with Gasteiger partial charge < -0.3 is 5.32 Å². The van der Waals surface area contributed by atoms with Gasteiger partial charge in [0, 0.05) is 11.7 Å². The van der Waals surface area contributed by atoms with E-state index in [4.69, 9.17) is 0 Å². The van der Waals surface area contributed by atoms with Gasteiger partial charge >= 0.3 is 0 Å². The number of hydrogen-bond donors (Lipinski definition) is 1. The Bertz CT molecular complexity index is 264. The van der Waals surface area contributed by atoms with Crippen molar-refractivity contribution in [1.29, 1.82) is 0 Å². The van der Waals surface area contributed by atoms with Crippen molar-refractivity contribution in [3.05, 3.63) is 29.3 Å². The molecular weight excluding hydrogens is 146 g/mol. The molecule has 0 spiro atoms. The van der Waals surface area contributed by atoms with E-state index in [2.05, 4.69) is 51.2 Å². The van der Waals surface area contributed by atoms with Gasteiger partial charge in [0.05, 0.1) is 0 Å². The molecule has 0 aliphatic rings. The highest BCUT2D eigenvalue weighted by Gasteiger charge is 2.00. The van der Waals surface area contributed by atoms with Gasteiger partial charge in [0.2, 0.25) is 0 Å². The summed E-state index contributed by atoms with van der Waals surface area (Å²) in [5.74, 6) is 0. The molecule has 1 aromatic rings. The second kappa shape index (κ2) is 3.61. The zero-order valence-electron chi connectivity index (χ0n) is 8.31. The first-order valence-electron chi connectivity index (χ1n) is 4.44. The quantitative estimate of drug-likeness (QED) is 0.706. The normalized spacial score (nSPS) is 10.4. The smallest absolute Gasteiger partial charge is 0.0374 e. The molecule has 0 atom stereocenters. The van der Waals surface area contributed by atoms with E-state index in [0.29, 0.717) is 6.04 Å². The van der Waals surface area contributed by atoms with Gasteiger partial charge in [-0.15, -0.1) is 0 Å². The Kier molecular flexibility index (Phi) is 2.74. The molecule has 1 nitrogen and oxygen atoms in total. The maximum atomic E-state index is 3.41. The van der Waals surface area contributed by atoms with Crippen LogP contribution in [0, 0.1) is 13.8 Å². The Morgan fingerprint density at radius 2 is 1.83 bits per heavy atom. The van der Waals surface area contributed by atoms with Crippen LogP contribution in [-0.2, 0) is 0 Å². The number of anilines is 1. The molecule has 1 rings (SSSR count). The lowest BCUT2D eigenvalue weighted by Crippen LogP contribution is -2.10. The van der Waals surface area contributed by atoms with Gasteiger partial charge in [-0.05, 0) is 44.9 Å². The summed E-state index contributed by atoms with van der Waals surface area (Å²) in [7, 11) is 0. The molecule has 0 unspecified atom stereocenters. The third-order valence-electron chi connectivity index (χ3n) is 2.05. The van der Waals surface area contributed by atoms with Gasteiger partial charge in [-0.2, -0.15) is 0 Å². The van der Waals surface area contributed by atoms with Gasteiger partial charge in [0.15, 0.2) is 0 Å². The lowest BCUT2D eigenvalue weighted by atomic mass is 10.1. The molecule has 0 aliphatic carbocycles. The second-order valence-electron chi connectivity index (χ2n) is 3.55. The molecule has 1 N–H and O–H groups in total. The summed E-state index contributed by atoms with van der Waals surface area (Å²) in [6.07, 6.45) is 0. The van der Waals surface area contributed by atoms with Crippen LogP contribution in [0.2, 0.25) is 0 Å². The van der Waals surface area contributed by atoms with Crippen molar-refractivity contribution in [2.24, 2.45) is 0 Å². The first kappa shape index (κ1) is 9.11. The van der Waals surface area contributed by atoms with Gasteiger partial charge in [0.1, 0.15) is 0 Å². The minimum absolute atomic E-state index is 0.505. The van der Waals surface area contributed by atoms with Gasteiger partial charge in [-0.1, -0.05) is 12.1 Å². The molecule has 0 aliphatic heterocycles.